The lowest BCUT2D eigenvalue weighted by Crippen LogP contribution is -2.34. The number of esters is 1. The third kappa shape index (κ3) is 6.92. The van der Waals surface area contributed by atoms with Gasteiger partial charge in [-0.1, -0.05) is 18.2 Å². The first-order valence-electron chi connectivity index (χ1n) is 10.5. The molecule has 0 saturated heterocycles. The molecule has 2 aromatic rings. The second kappa shape index (κ2) is 10.9. The van der Waals surface area contributed by atoms with Gasteiger partial charge in [-0.25, -0.2) is 4.79 Å². The van der Waals surface area contributed by atoms with Gasteiger partial charge in [0.25, 0.3) is 5.91 Å². The maximum atomic E-state index is 12.8. The summed E-state index contributed by atoms with van der Waals surface area (Å²) in [4.78, 5) is 48.0. The molecule has 0 saturated carbocycles. The molecule has 3 N–H and O–H groups in total. The number of aliphatic carboxylic acids is 1. The average Bonchev–Trinajstić information content (AvgIpc) is 2.82. The molecule has 0 fully saturated rings. The van der Waals surface area contributed by atoms with Gasteiger partial charge in [0.2, 0.25) is 5.91 Å². The summed E-state index contributed by atoms with van der Waals surface area (Å²) in [6.07, 6.45) is -0.519. The molecule has 11 heteroatoms. The summed E-state index contributed by atoms with van der Waals surface area (Å²) in [5.74, 6) is -4.73. The summed E-state index contributed by atoms with van der Waals surface area (Å²) in [6.45, 7) is -0.723. The van der Waals surface area contributed by atoms with E-state index in [9.17, 15) is 37.5 Å². The number of hydrogen-bond acceptors (Lipinski definition) is 5. The van der Waals surface area contributed by atoms with E-state index >= 15 is 0 Å². The fourth-order valence-corrected chi connectivity index (χ4v) is 3.49. The number of carbonyl (C=O) groups excluding carboxylic acids is 3. The standard InChI is InChI=1S/C24H21F3N2O6/c25-24(26,27)15-4-3-5-17(12-15)28-20(30)13-35-23(34)14-8-10-16(11-9-14)29-21(31)18-6-1-2-7-19(18)22(32)33/h1-5,8-12,18-19H,6-7,13H2,(H,28,30)(H,29,31)(H,32,33)/t18-,19-/m1/s1. The van der Waals surface area contributed by atoms with Gasteiger partial charge in [-0.3, -0.25) is 14.4 Å². The fourth-order valence-electron chi connectivity index (χ4n) is 3.49. The van der Waals surface area contributed by atoms with Gasteiger partial charge < -0.3 is 20.5 Å². The van der Waals surface area contributed by atoms with Crippen molar-refractivity contribution >= 4 is 35.1 Å². The Kier molecular flexibility index (Phi) is 7.90. The number of allylic oxidation sites excluding steroid dienone is 2. The number of alkyl halides is 3. The number of halogens is 3. The SMILES string of the molecule is O=C(COC(=O)c1ccc(NC(=O)[C@@H]2CC=CC[C@H]2C(=O)O)cc1)Nc1cccc(C(F)(F)F)c1. The minimum atomic E-state index is -4.57. The third-order valence-corrected chi connectivity index (χ3v) is 5.28. The Labute approximate surface area is 197 Å². The van der Waals surface area contributed by atoms with E-state index in [0.717, 1.165) is 18.2 Å². The summed E-state index contributed by atoms with van der Waals surface area (Å²) in [7, 11) is 0. The predicted molar refractivity (Wildman–Crippen MR) is 118 cm³/mol. The molecule has 184 valence electrons. The van der Waals surface area contributed by atoms with Crippen LogP contribution in [-0.4, -0.2) is 35.5 Å². The highest BCUT2D eigenvalue weighted by atomic mass is 19.4. The number of amides is 2. The largest absolute Gasteiger partial charge is 0.481 e. The number of carbonyl (C=O) groups is 4. The molecule has 0 aromatic heterocycles. The van der Waals surface area contributed by atoms with Crippen LogP contribution in [0.15, 0.2) is 60.7 Å². The molecule has 35 heavy (non-hydrogen) atoms. The summed E-state index contributed by atoms with van der Waals surface area (Å²) < 4.78 is 43.2. The molecule has 0 radical (unpaired) electrons. The molecule has 8 nitrogen and oxygen atoms in total. The average molecular weight is 490 g/mol. The fraction of sp³-hybridized carbons (Fsp3) is 0.250. The third-order valence-electron chi connectivity index (χ3n) is 5.28. The van der Waals surface area contributed by atoms with E-state index in [1.165, 1.54) is 30.3 Å². The second-order valence-corrected chi connectivity index (χ2v) is 7.76. The molecule has 0 bridgehead atoms. The Bertz CT molecular complexity index is 1140. The van der Waals surface area contributed by atoms with Gasteiger partial charge in [0.05, 0.1) is 23.0 Å². The first kappa shape index (κ1) is 25.5. The summed E-state index contributed by atoms with van der Waals surface area (Å²) in [5, 5.41) is 14.1. The van der Waals surface area contributed by atoms with Crippen LogP contribution in [0.3, 0.4) is 0 Å². The lowest BCUT2D eigenvalue weighted by molar-refractivity contribution is -0.146. The minimum absolute atomic E-state index is 0.0684. The van der Waals surface area contributed by atoms with Crippen LogP contribution in [-0.2, 0) is 25.3 Å². The minimum Gasteiger partial charge on any atom is -0.481 e. The van der Waals surface area contributed by atoms with Gasteiger partial charge in [-0.05, 0) is 55.3 Å². The topological polar surface area (TPSA) is 122 Å². The number of hydrogen-bond donors (Lipinski definition) is 3. The number of benzene rings is 2. The Hall–Kier alpha value is -4.15. The van der Waals surface area contributed by atoms with Gasteiger partial charge in [-0.15, -0.1) is 0 Å². The van der Waals surface area contributed by atoms with Crippen molar-refractivity contribution < 1.29 is 42.2 Å². The molecule has 3 rings (SSSR count). The van der Waals surface area contributed by atoms with Crippen molar-refractivity contribution in [3.8, 4) is 0 Å². The Balaban J connectivity index is 1.52. The van der Waals surface area contributed by atoms with E-state index < -0.39 is 53.9 Å². The Morgan fingerprint density at radius 1 is 0.914 bits per heavy atom. The van der Waals surface area contributed by atoms with Crippen LogP contribution in [0.5, 0.6) is 0 Å². The number of ether oxygens (including phenoxy) is 1. The van der Waals surface area contributed by atoms with Crippen molar-refractivity contribution in [2.75, 3.05) is 17.2 Å². The molecule has 1 aliphatic rings. The molecule has 2 aromatic carbocycles. The van der Waals surface area contributed by atoms with Crippen LogP contribution in [0.2, 0.25) is 0 Å². The predicted octanol–water partition coefficient (Wildman–Crippen LogP) is 4.11. The van der Waals surface area contributed by atoms with Crippen LogP contribution in [0, 0.1) is 11.8 Å². The van der Waals surface area contributed by atoms with Crippen LogP contribution in [0.1, 0.15) is 28.8 Å². The monoisotopic (exact) mass is 490 g/mol. The number of nitrogens with one attached hydrogen (secondary N) is 2. The van der Waals surface area contributed by atoms with Crippen molar-refractivity contribution in [3.05, 3.63) is 71.8 Å². The van der Waals surface area contributed by atoms with Crippen molar-refractivity contribution in [1.29, 1.82) is 0 Å². The van der Waals surface area contributed by atoms with Crippen molar-refractivity contribution in [3.63, 3.8) is 0 Å². The molecule has 0 spiro atoms. The normalized spacial score (nSPS) is 17.3. The van der Waals surface area contributed by atoms with E-state index in [1.54, 1.807) is 12.2 Å². The van der Waals surface area contributed by atoms with E-state index in [-0.39, 0.29) is 17.7 Å². The molecule has 1 aliphatic carbocycles. The molecule has 0 heterocycles. The zero-order chi connectivity index (χ0) is 25.6. The van der Waals surface area contributed by atoms with Crippen LogP contribution in [0.4, 0.5) is 24.5 Å². The number of rotatable bonds is 7. The zero-order valence-electron chi connectivity index (χ0n) is 18.2. The molecule has 0 aliphatic heterocycles. The summed E-state index contributed by atoms with van der Waals surface area (Å²) in [5.41, 5.74) is -0.621. The van der Waals surface area contributed by atoms with Gasteiger partial charge in [-0.2, -0.15) is 13.2 Å². The summed E-state index contributed by atoms with van der Waals surface area (Å²) in [6, 6.07) is 9.56. The maximum absolute atomic E-state index is 12.8. The van der Waals surface area contributed by atoms with E-state index in [0.29, 0.717) is 12.1 Å². The smallest absolute Gasteiger partial charge is 0.416 e. The molecule has 2 atom stereocenters. The zero-order valence-corrected chi connectivity index (χ0v) is 18.2. The van der Waals surface area contributed by atoms with Crippen molar-refractivity contribution in [1.82, 2.24) is 0 Å². The molecule has 2 amide bonds. The van der Waals surface area contributed by atoms with Crippen LogP contribution < -0.4 is 10.6 Å². The highest BCUT2D eigenvalue weighted by molar-refractivity contribution is 5.97. The Morgan fingerprint density at radius 2 is 1.57 bits per heavy atom. The number of anilines is 2. The second-order valence-electron chi connectivity index (χ2n) is 7.76. The lowest BCUT2D eigenvalue weighted by Gasteiger charge is -2.24. The highest BCUT2D eigenvalue weighted by Gasteiger charge is 2.34. The van der Waals surface area contributed by atoms with Gasteiger partial charge >= 0.3 is 18.1 Å². The Morgan fingerprint density at radius 3 is 2.20 bits per heavy atom. The summed E-state index contributed by atoms with van der Waals surface area (Å²) >= 11 is 0. The quantitative estimate of drug-likeness (QED) is 0.397. The van der Waals surface area contributed by atoms with Crippen molar-refractivity contribution in [2.45, 2.75) is 19.0 Å². The number of carboxylic acid groups (broad SMARTS) is 1. The van der Waals surface area contributed by atoms with E-state index in [4.69, 9.17) is 4.74 Å². The maximum Gasteiger partial charge on any atom is 0.416 e. The first-order chi connectivity index (χ1) is 16.5. The van der Waals surface area contributed by atoms with Crippen LogP contribution >= 0.6 is 0 Å². The molecular weight excluding hydrogens is 469 g/mol. The van der Waals surface area contributed by atoms with Gasteiger partial charge in [0, 0.05) is 11.4 Å². The first-order valence-corrected chi connectivity index (χ1v) is 10.5. The lowest BCUT2D eigenvalue weighted by atomic mass is 9.82. The molecular formula is C24H21F3N2O6. The van der Waals surface area contributed by atoms with Crippen LogP contribution in [0.25, 0.3) is 0 Å². The van der Waals surface area contributed by atoms with E-state index in [2.05, 4.69) is 10.6 Å². The molecule has 0 unspecified atom stereocenters. The van der Waals surface area contributed by atoms with Gasteiger partial charge in [0.1, 0.15) is 0 Å². The highest BCUT2D eigenvalue weighted by Crippen LogP contribution is 2.30. The van der Waals surface area contributed by atoms with Gasteiger partial charge in [0.15, 0.2) is 6.61 Å². The number of carboxylic acids is 1. The van der Waals surface area contributed by atoms with Crippen molar-refractivity contribution in [2.24, 2.45) is 11.8 Å². The van der Waals surface area contributed by atoms with E-state index in [1.807, 2.05) is 0 Å².